The fourth-order valence-electron chi connectivity index (χ4n) is 2.51. The van der Waals surface area contributed by atoms with Crippen molar-refractivity contribution in [3.05, 3.63) is 69.1 Å². The first-order valence-electron chi connectivity index (χ1n) is 9.07. The van der Waals surface area contributed by atoms with Crippen LogP contribution in [0.4, 0.5) is 5.13 Å². The van der Waals surface area contributed by atoms with Crippen LogP contribution in [0.3, 0.4) is 0 Å². The van der Waals surface area contributed by atoms with Gasteiger partial charge in [-0.3, -0.25) is 10.2 Å². The largest absolute Gasteiger partial charge is 0.493 e. The van der Waals surface area contributed by atoms with E-state index < -0.39 is 0 Å². The van der Waals surface area contributed by atoms with Crippen LogP contribution in [0.5, 0.6) is 11.5 Å². The summed E-state index contributed by atoms with van der Waals surface area (Å²) in [6.45, 7) is 2.25. The van der Waals surface area contributed by atoms with E-state index in [1.807, 2.05) is 48.7 Å². The third-order valence-electron chi connectivity index (χ3n) is 3.92. The molecule has 3 rings (SSSR count). The molecule has 3 aromatic rings. The number of ether oxygens (including phenoxy) is 2. The number of nitrogens with zero attached hydrogens (tertiary/aromatic N) is 2. The summed E-state index contributed by atoms with van der Waals surface area (Å²) in [6, 6.07) is 13.3. The number of aromatic nitrogens is 1. The molecule has 0 spiro atoms. The molecule has 0 unspecified atom stereocenters. The van der Waals surface area contributed by atoms with Crippen molar-refractivity contribution in [2.75, 3.05) is 19.1 Å². The number of thiazole rings is 1. The van der Waals surface area contributed by atoms with E-state index in [-0.39, 0.29) is 12.5 Å². The second-order valence-corrected chi connectivity index (χ2v) is 7.96. The molecule has 2 N–H and O–H groups in total. The lowest BCUT2D eigenvalue weighted by molar-refractivity contribution is -0.123. The quantitative estimate of drug-likeness (QED) is 0.345. The highest BCUT2D eigenvalue weighted by Gasteiger charge is 2.13. The molecule has 0 bridgehead atoms. The maximum atomic E-state index is 12.1. The number of hydrazone groups is 1. The van der Waals surface area contributed by atoms with Crippen molar-refractivity contribution >= 4 is 44.5 Å². The van der Waals surface area contributed by atoms with Crippen LogP contribution in [-0.4, -0.2) is 30.8 Å². The summed E-state index contributed by atoms with van der Waals surface area (Å²) in [5, 5.41) is 9.68. The number of methoxy groups -OCH3 is 1. The lowest BCUT2D eigenvalue weighted by Crippen LogP contribution is -2.28. The second-order valence-electron chi connectivity index (χ2n) is 6.25. The van der Waals surface area contributed by atoms with E-state index in [2.05, 4.69) is 36.8 Å². The molecule has 1 amide bonds. The van der Waals surface area contributed by atoms with Gasteiger partial charge in [-0.05, 0) is 46.1 Å². The SMILES string of the molecule is COc1cc(C=NNc2nc(C)cs2)cc(Br)c1OCC(=O)NCc1ccccc1. The highest BCUT2D eigenvalue weighted by molar-refractivity contribution is 9.10. The number of nitrogens with one attached hydrogen (secondary N) is 2. The predicted molar refractivity (Wildman–Crippen MR) is 123 cm³/mol. The Morgan fingerprint density at radius 3 is 2.80 bits per heavy atom. The van der Waals surface area contributed by atoms with E-state index in [1.165, 1.54) is 11.3 Å². The number of hydrogen-bond acceptors (Lipinski definition) is 7. The lowest BCUT2D eigenvalue weighted by atomic mass is 10.2. The van der Waals surface area contributed by atoms with E-state index in [1.54, 1.807) is 19.4 Å². The van der Waals surface area contributed by atoms with Gasteiger partial charge < -0.3 is 14.8 Å². The van der Waals surface area contributed by atoms with Crippen molar-refractivity contribution < 1.29 is 14.3 Å². The third-order valence-corrected chi connectivity index (χ3v) is 5.38. The molecule has 2 aromatic carbocycles. The van der Waals surface area contributed by atoms with E-state index in [9.17, 15) is 4.79 Å². The molecular weight excluding hydrogens is 468 g/mol. The molecular formula is C21H21BrN4O3S. The molecule has 0 aliphatic heterocycles. The maximum absolute atomic E-state index is 12.1. The lowest BCUT2D eigenvalue weighted by Gasteiger charge is -2.13. The molecule has 156 valence electrons. The van der Waals surface area contributed by atoms with Gasteiger partial charge in [0.25, 0.3) is 5.91 Å². The fourth-order valence-corrected chi connectivity index (χ4v) is 3.72. The summed E-state index contributed by atoms with van der Waals surface area (Å²) in [4.78, 5) is 16.4. The Bertz CT molecular complexity index is 1020. The summed E-state index contributed by atoms with van der Waals surface area (Å²) >= 11 is 4.96. The molecule has 30 heavy (non-hydrogen) atoms. The van der Waals surface area contributed by atoms with Crippen LogP contribution in [-0.2, 0) is 11.3 Å². The Kier molecular flexibility index (Phi) is 7.81. The molecule has 0 radical (unpaired) electrons. The van der Waals surface area contributed by atoms with Crippen LogP contribution in [0.15, 0.2) is 57.4 Å². The molecule has 1 heterocycles. The number of carbonyl (C=O) groups is 1. The van der Waals surface area contributed by atoms with Gasteiger partial charge in [-0.15, -0.1) is 11.3 Å². The number of rotatable bonds is 9. The van der Waals surface area contributed by atoms with Gasteiger partial charge in [-0.2, -0.15) is 5.10 Å². The van der Waals surface area contributed by atoms with Crippen molar-refractivity contribution in [3.8, 4) is 11.5 Å². The molecule has 0 saturated heterocycles. The van der Waals surface area contributed by atoms with Crippen LogP contribution in [0, 0.1) is 6.92 Å². The zero-order valence-electron chi connectivity index (χ0n) is 16.5. The van der Waals surface area contributed by atoms with Gasteiger partial charge in [-0.25, -0.2) is 4.98 Å². The number of amides is 1. The number of carbonyl (C=O) groups excluding carboxylic acids is 1. The maximum Gasteiger partial charge on any atom is 0.258 e. The zero-order valence-corrected chi connectivity index (χ0v) is 18.9. The van der Waals surface area contributed by atoms with Gasteiger partial charge in [0.15, 0.2) is 18.1 Å². The van der Waals surface area contributed by atoms with Crippen LogP contribution >= 0.6 is 27.3 Å². The number of aryl methyl sites for hydroxylation is 1. The summed E-state index contributed by atoms with van der Waals surface area (Å²) < 4.78 is 11.8. The first-order chi connectivity index (χ1) is 14.5. The number of anilines is 1. The Hall–Kier alpha value is -2.91. The molecule has 0 saturated carbocycles. The predicted octanol–water partition coefficient (Wildman–Crippen LogP) is 4.36. The normalized spacial score (nSPS) is 10.8. The van der Waals surface area contributed by atoms with E-state index in [0.717, 1.165) is 22.0 Å². The van der Waals surface area contributed by atoms with Crippen LogP contribution in [0.1, 0.15) is 16.8 Å². The average Bonchev–Trinajstić information content (AvgIpc) is 3.16. The van der Waals surface area contributed by atoms with Crippen molar-refractivity contribution in [1.82, 2.24) is 10.3 Å². The molecule has 0 fully saturated rings. The van der Waals surface area contributed by atoms with Gasteiger partial charge in [0.2, 0.25) is 5.13 Å². The standard InChI is InChI=1S/C21H21BrN4O3S/c1-14-13-30-21(25-14)26-24-11-16-8-17(22)20(18(9-16)28-2)29-12-19(27)23-10-15-6-4-3-5-7-15/h3-9,11,13H,10,12H2,1-2H3,(H,23,27)(H,25,26). The Balaban J connectivity index is 1.58. The van der Waals surface area contributed by atoms with E-state index >= 15 is 0 Å². The van der Waals surface area contributed by atoms with Gasteiger partial charge >= 0.3 is 0 Å². The van der Waals surface area contributed by atoms with Gasteiger partial charge in [0.1, 0.15) is 0 Å². The molecule has 9 heteroatoms. The molecule has 0 atom stereocenters. The van der Waals surface area contributed by atoms with Crippen LogP contribution in [0.2, 0.25) is 0 Å². The summed E-state index contributed by atoms with van der Waals surface area (Å²) in [5.74, 6) is 0.723. The van der Waals surface area contributed by atoms with Crippen molar-refractivity contribution in [2.45, 2.75) is 13.5 Å². The van der Waals surface area contributed by atoms with E-state index in [0.29, 0.717) is 22.5 Å². The van der Waals surface area contributed by atoms with Gasteiger partial charge in [0.05, 0.1) is 23.5 Å². The molecule has 7 nitrogen and oxygen atoms in total. The molecule has 1 aromatic heterocycles. The number of hydrogen-bond donors (Lipinski definition) is 2. The average molecular weight is 489 g/mol. The Morgan fingerprint density at radius 2 is 2.10 bits per heavy atom. The molecule has 0 aliphatic carbocycles. The zero-order chi connectivity index (χ0) is 21.3. The minimum atomic E-state index is -0.221. The summed E-state index contributed by atoms with van der Waals surface area (Å²) in [5.41, 5.74) is 5.65. The number of benzene rings is 2. The second kappa shape index (κ2) is 10.7. The smallest absolute Gasteiger partial charge is 0.258 e. The molecule has 0 aliphatic rings. The van der Waals surface area contributed by atoms with Gasteiger partial charge in [0, 0.05) is 11.9 Å². The summed E-state index contributed by atoms with van der Waals surface area (Å²) in [6.07, 6.45) is 1.65. The third kappa shape index (κ3) is 6.30. The first kappa shape index (κ1) is 21.8. The first-order valence-corrected chi connectivity index (χ1v) is 10.7. The van der Waals surface area contributed by atoms with Gasteiger partial charge in [-0.1, -0.05) is 30.3 Å². The topological polar surface area (TPSA) is 84.8 Å². The summed E-state index contributed by atoms with van der Waals surface area (Å²) in [7, 11) is 1.54. The van der Waals surface area contributed by atoms with Crippen molar-refractivity contribution in [1.29, 1.82) is 0 Å². The van der Waals surface area contributed by atoms with Crippen molar-refractivity contribution in [2.24, 2.45) is 5.10 Å². The highest BCUT2D eigenvalue weighted by atomic mass is 79.9. The Morgan fingerprint density at radius 1 is 1.30 bits per heavy atom. The number of halogens is 1. The van der Waals surface area contributed by atoms with Crippen molar-refractivity contribution in [3.63, 3.8) is 0 Å². The fraction of sp³-hybridized carbons (Fsp3) is 0.190. The monoisotopic (exact) mass is 488 g/mol. The van der Waals surface area contributed by atoms with E-state index in [4.69, 9.17) is 9.47 Å². The van der Waals surface area contributed by atoms with Crippen LogP contribution in [0.25, 0.3) is 0 Å². The Labute approximate surface area is 187 Å². The highest BCUT2D eigenvalue weighted by Crippen LogP contribution is 2.36. The minimum Gasteiger partial charge on any atom is -0.493 e. The minimum absolute atomic E-state index is 0.125. The van der Waals surface area contributed by atoms with Crippen LogP contribution < -0.4 is 20.2 Å².